The molecule has 0 radical (unpaired) electrons. The highest BCUT2D eigenvalue weighted by atomic mass is 35.5. The zero-order valence-electron chi connectivity index (χ0n) is 9.07. The van der Waals surface area contributed by atoms with Gasteiger partial charge in [-0.15, -0.1) is 0 Å². The van der Waals surface area contributed by atoms with Gasteiger partial charge in [0.05, 0.1) is 11.8 Å². The topological polar surface area (TPSA) is 36.7 Å². The molecule has 90 valence electrons. The van der Waals surface area contributed by atoms with Crippen LogP contribution in [0.2, 0.25) is 15.2 Å². The fraction of sp³-hybridized carbons (Fsp3) is 0.0769. The Bertz CT molecular complexity index is 600. The Morgan fingerprint density at radius 2 is 1.61 bits per heavy atom. The number of nitriles is 1. The van der Waals surface area contributed by atoms with E-state index in [2.05, 4.69) is 11.1 Å². The Balaban J connectivity index is 2.57. The quantitative estimate of drug-likeness (QED) is 0.754. The fourth-order valence-electron chi connectivity index (χ4n) is 1.65. The monoisotopic (exact) mass is 296 g/mol. The maximum Gasteiger partial charge on any atom is 0.129 e. The highest BCUT2D eigenvalue weighted by Gasteiger charge is 2.21. The number of hydrogen-bond donors (Lipinski definition) is 0. The molecule has 0 spiro atoms. The lowest BCUT2D eigenvalue weighted by molar-refractivity contribution is 0.967. The summed E-state index contributed by atoms with van der Waals surface area (Å²) in [6, 6.07) is 12.4. The van der Waals surface area contributed by atoms with Crippen LogP contribution in [0.25, 0.3) is 0 Å². The van der Waals surface area contributed by atoms with Crippen LogP contribution in [0.5, 0.6) is 0 Å². The predicted molar refractivity (Wildman–Crippen MR) is 73.2 cm³/mol. The molecule has 0 saturated carbocycles. The second kappa shape index (κ2) is 5.58. The first-order valence-electron chi connectivity index (χ1n) is 5.09. The maximum atomic E-state index is 9.32. The minimum atomic E-state index is -0.634. The van der Waals surface area contributed by atoms with Crippen molar-refractivity contribution in [1.82, 2.24) is 4.98 Å². The van der Waals surface area contributed by atoms with Crippen molar-refractivity contribution in [2.75, 3.05) is 0 Å². The largest absolute Gasteiger partial charge is 0.239 e. The molecule has 1 aromatic heterocycles. The summed E-state index contributed by atoms with van der Waals surface area (Å²) >= 11 is 18.0. The Morgan fingerprint density at radius 1 is 1.00 bits per heavy atom. The molecule has 0 aliphatic heterocycles. The van der Waals surface area contributed by atoms with Gasteiger partial charge in [-0.3, -0.25) is 0 Å². The van der Waals surface area contributed by atoms with Gasteiger partial charge in [0, 0.05) is 15.6 Å². The summed E-state index contributed by atoms with van der Waals surface area (Å²) < 4.78 is 0. The lowest BCUT2D eigenvalue weighted by atomic mass is 9.96. The predicted octanol–water partition coefficient (Wildman–Crippen LogP) is 4.70. The van der Waals surface area contributed by atoms with Crippen molar-refractivity contribution >= 4 is 34.8 Å². The van der Waals surface area contributed by atoms with E-state index in [9.17, 15) is 5.26 Å². The van der Waals surface area contributed by atoms with Gasteiger partial charge in [-0.25, -0.2) is 4.98 Å². The SMILES string of the molecule is N#CC(c1cccc(Cl)n1)c1c(Cl)cccc1Cl. The molecule has 1 unspecified atom stereocenters. The van der Waals surface area contributed by atoms with Crippen LogP contribution in [0.4, 0.5) is 0 Å². The van der Waals surface area contributed by atoms with Crippen molar-refractivity contribution in [3.05, 3.63) is 62.9 Å². The third-order valence-electron chi connectivity index (χ3n) is 2.45. The van der Waals surface area contributed by atoms with Gasteiger partial charge in [0.15, 0.2) is 0 Å². The number of rotatable bonds is 2. The summed E-state index contributed by atoms with van der Waals surface area (Å²) in [5.74, 6) is -0.634. The zero-order valence-corrected chi connectivity index (χ0v) is 11.3. The number of halogens is 3. The van der Waals surface area contributed by atoms with Crippen molar-refractivity contribution in [2.24, 2.45) is 0 Å². The van der Waals surface area contributed by atoms with Gasteiger partial charge in [-0.2, -0.15) is 5.26 Å². The van der Waals surface area contributed by atoms with E-state index in [1.165, 1.54) is 0 Å². The average Bonchev–Trinajstić information content (AvgIpc) is 2.34. The van der Waals surface area contributed by atoms with Crippen molar-refractivity contribution in [3.8, 4) is 6.07 Å². The Morgan fingerprint density at radius 3 is 2.17 bits per heavy atom. The van der Waals surface area contributed by atoms with Gasteiger partial charge in [-0.05, 0) is 24.3 Å². The summed E-state index contributed by atoms with van der Waals surface area (Å²) in [5.41, 5.74) is 1.08. The molecule has 2 rings (SSSR count). The third kappa shape index (κ3) is 2.59. The second-order valence-electron chi connectivity index (χ2n) is 3.58. The molecule has 18 heavy (non-hydrogen) atoms. The number of nitrogens with zero attached hydrogens (tertiary/aromatic N) is 2. The summed E-state index contributed by atoms with van der Waals surface area (Å²) in [6.07, 6.45) is 0. The molecule has 5 heteroatoms. The molecule has 1 heterocycles. The van der Waals surface area contributed by atoms with Gasteiger partial charge >= 0.3 is 0 Å². The highest BCUT2D eigenvalue weighted by Crippen LogP contribution is 2.34. The number of pyridine rings is 1. The minimum Gasteiger partial charge on any atom is -0.239 e. The molecular formula is C13H7Cl3N2. The van der Waals surface area contributed by atoms with Crippen LogP contribution in [0.1, 0.15) is 17.2 Å². The standard InChI is InChI=1S/C13H7Cl3N2/c14-9-3-1-4-10(15)13(9)8(7-17)11-5-2-6-12(16)18-11/h1-6,8H. The summed E-state index contributed by atoms with van der Waals surface area (Å²) in [5, 5.41) is 10.5. The van der Waals surface area contributed by atoms with Crippen LogP contribution in [-0.2, 0) is 0 Å². The summed E-state index contributed by atoms with van der Waals surface area (Å²) in [7, 11) is 0. The van der Waals surface area contributed by atoms with E-state index in [4.69, 9.17) is 34.8 Å². The van der Waals surface area contributed by atoms with E-state index in [1.807, 2.05) is 0 Å². The molecule has 0 bridgehead atoms. The van der Waals surface area contributed by atoms with E-state index >= 15 is 0 Å². The molecule has 0 fully saturated rings. The number of hydrogen-bond acceptors (Lipinski definition) is 2. The Labute approximate surface area is 120 Å². The van der Waals surface area contributed by atoms with Gasteiger partial charge < -0.3 is 0 Å². The first-order valence-corrected chi connectivity index (χ1v) is 6.23. The van der Waals surface area contributed by atoms with E-state index in [0.29, 0.717) is 26.5 Å². The molecule has 1 atom stereocenters. The highest BCUT2D eigenvalue weighted by molar-refractivity contribution is 6.36. The van der Waals surface area contributed by atoms with Crippen molar-refractivity contribution < 1.29 is 0 Å². The lowest BCUT2D eigenvalue weighted by Gasteiger charge is -2.12. The number of benzene rings is 1. The van der Waals surface area contributed by atoms with E-state index in [1.54, 1.807) is 36.4 Å². The molecule has 0 N–H and O–H groups in total. The normalized spacial score (nSPS) is 11.9. The summed E-state index contributed by atoms with van der Waals surface area (Å²) in [6.45, 7) is 0. The van der Waals surface area contributed by atoms with E-state index < -0.39 is 5.92 Å². The first kappa shape index (κ1) is 13.2. The van der Waals surface area contributed by atoms with Crippen LogP contribution in [0.3, 0.4) is 0 Å². The van der Waals surface area contributed by atoms with Gasteiger partial charge in [0.25, 0.3) is 0 Å². The van der Waals surface area contributed by atoms with E-state index in [0.717, 1.165) is 0 Å². The molecule has 0 saturated heterocycles. The second-order valence-corrected chi connectivity index (χ2v) is 4.78. The van der Waals surface area contributed by atoms with Crippen molar-refractivity contribution in [2.45, 2.75) is 5.92 Å². The average molecular weight is 298 g/mol. The fourth-order valence-corrected chi connectivity index (χ4v) is 2.44. The minimum absolute atomic E-state index is 0.330. The van der Waals surface area contributed by atoms with Gasteiger partial charge in [0.1, 0.15) is 11.1 Å². The van der Waals surface area contributed by atoms with Crippen LogP contribution >= 0.6 is 34.8 Å². The third-order valence-corrected chi connectivity index (χ3v) is 3.32. The smallest absolute Gasteiger partial charge is 0.129 e. The van der Waals surface area contributed by atoms with Crippen molar-refractivity contribution in [1.29, 1.82) is 5.26 Å². The van der Waals surface area contributed by atoms with E-state index in [-0.39, 0.29) is 0 Å². The summed E-state index contributed by atoms with van der Waals surface area (Å²) in [4.78, 5) is 4.13. The Hall–Kier alpha value is -1.27. The lowest BCUT2D eigenvalue weighted by Crippen LogP contribution is -2.02. The van der Waals surface area contributed by atoms with Gasteiger partial charge in [0.2, 0.25) is 0 Å². The molecule has 2 aromatic rings. The molecule has 0 aliphatic rings. The molecule has 0 amide bonds. The first-order chi connectivity index (χ1) is 8.63. The molecule has 2 nitrogen and oxygen atoms in total. The van der Waals surface area contributed by atoms with Crippen LogP contribution in [-0.4, -0.2) is 4.98 Å². The van der Waals surface area contributed by atoms with Crippen LogP contribution in [0, 0.1) is 11.3 Å². The van der Waals surface area contributed by atoms with Crippen molar-refractivity contribution in [3.63, 3.8) is 0 Å². The Kier molecular flexibility index (Phi) is 4.08. The van der Waals surface area contributed by atoms with Gasteiger partial charge in [-0.1, -0.05) is 46.9 Å². The van der Waals surface area contributed by atoms with Crippen LogP contribution < -0.4 is 0 Å². The zero-order chi connectivity index (χ0) is 13.1. The molecule has 0 aliphatic carbocycles. The maximum absolute atomic E-state index is 9.32. The number of aromatic nitrogens is 1. The molecular weight excluding hydrogens is 291 g/mol. The molecule has 1 aromatic carbocycles. The van der Waals surface area contributed by atoms with Crippen LogP contribution in [0.15, 0.2) is 36.4 Å².